The van der Waals surface area contributed by atoms with E-state index in [2.05, 4.69) is 15.9 Å². The van der Waals surface area contributed by atoms with Crippen LogP contribution in [0.2, 0.25) is 0 Å². The fourth-order valence-electron chi connectivity index (χ4n) is 1.41. The second kappa shape index (κ2) is 5.88. The number of Topliss-reactive ketones (excluding diaryl/α,β-unsaturated/α-hetero) is 1. The van der Waals surface area contributed by atoms with Crippen molar-refractivity contribution in [1.29, 1.82) is 0 Å². The Hall–Kier alpha value is -1.27. The lowest BCUT2D eigenvalue weighted by Gasteiger charge is -2.11. The summed E-state index contributed by atoms with van der Waals surface area (Å²) in [5.74, 6) is -2.90. The van der Waals surface area contributed by atoms with E-state index in [0.29, 0.717) is 5.33 Å². The first kappa shape index (κ1) is 13.8. The van der Waals surface area contributed by atoms with Crippen molar-refractivity contribution >= 4 is 27.7 Å². The minimum atomic E-state index is -1.90. The van der Waals surface area contributed by atoms with Crippen LogP contribution < -0.4 is 0 Å². The quantitative estimate of drug-likeness (QED) is 0.644. The maximum Gasteiger partial charge on any atom is 0.337 e. The van der Waals surface area contributed by atoms with Crippen LogP contribution in [0.4, 0.5) is 4.39 Å². The highest BCUT2D eigenvalue weighted by Gasteiger charge is 2.24. The van der Waals surface area contributed by atoms with Gasteiger partial charge in [-0.15, -0.1) is 0 Å². The van der Waals surface area contributed by atoms with E-state index in [9.17, 15) is 19.1 Å². The largest absolute Gasteiger partial charge is 0.479 e. The lowest BCUT2D eigenvalue weighted by Crippen LogP contribution is -2.16. The molecule has 0 saturated heterocycles. The fourth-order valence-corrected chi connectivity index (χ4v) is 1.77. The number of carbonyl (C=O) groups is 2. The molecule has 0 aliphatic carbocycles. The number of alkyl halides is 1. The maximum atomic E-state index is 13.5. The van der Waals surface area contributed by atoms with Crippen molar-refractivity contribution in [3.63, 3.8) is 0 Å². The van der Waals surface area contributed by atoms with Crippen molar-refractivity contribution < 1.29 is 24.2 Å². The third-order valence-electron chi connectivity index (χ3n) is 2.17. The Morgan fingerprint density at radius 1 is 1.41 bits per heavy atom. The summed E-state index contributed by atoms with van der Waals surface area (Å²) in [5.41, 5.74) is -0.578. The SMILES string of the molecule is O=C(CCBr)c1c(F)cccc1C(O)C(=O)O. The molecule has 0 fully saturated rings. The molecule has 1 aromatic rings. The highest BCUT2D eigenvalue weighted by atomic mass is 79.9. The molecule has 6 heteroatoms. The van der Waals surface area contributed by atoms with Crippen molar-refractivity contribution in [3.8, 4) is 0 Å². The summed E-state index contributed by atoms with van der Waals surface area (Å²) in [6.07, 6.45) is -1.87. The Morgan fingerprint density at radius 2 is 2.06 bits per heavy atom. The van der Waals surface area contributed by atoms with Gasteiger partial charge in [0.1, 0.15) is 5.82 Å². The van der Waals surface area contributed by atoms with Crippen molar-refractivity contribution in [3.05, 3.63) is 35.1 Å². The Balaban J connectivity index is 3.26. The molecule has 0 aromatic heterocycles. The average molecular weight is 305 g/mol. The number of carboxylic acids is 1. The number of aliphatic hydroxyl groups excluding tert-OH is 1. The zero-order chi connectivity index (χ0) is 13.0. The van der Waals surface area contributed by atoms with E-state index >= 15 is 0 Å². The van der Waals surface area contributed by atoms with Crippen LogP contribution in [-0.2, 0) is 4.79 Å². The van der Waals surface area contributed by atoms with Crippen LogP contribution in [-0.4, -0.2) is 27.3 Å². The lowest BCUT2D eigenvalue weighted by atomic mass is 9.97. The van der Waals surface area contributed by atoms with Gasteiger partial charge in [-0.3, -0.25) is 4.79 Å². The van der Waals surface area contributed by atoms with Gasteiger partial charge in [0.2, 0.25) is 0 Å². The topological polar surface area (TPSA) is 74.6 Å². The highest BCUT2D eigenvalue weighted by molar-refractivity contribution is 9.09. The molecule has 92 valence electrons. The van der Waals surface area contributed by atoms with Gasteiger partial charge in [-0.1, -0.05) is 28.1 Å². The molecule has 0 spiro atoms. The van der Waals surface area contributed by atoms with E-state index < -0.39 is 23.7 Å². The number of benzene rings is 1. The molecule has 0 saturated carbocycles. The molecule has 4 nitrogen and oxygen atoms in total. The molecule has 0 radical (unpaired) electrons. The Bertz CT molecular complexity index is 447. The van der Waals surface area contributed by atoms with E-state index in [1.165, 1.54) is 12.1 Å². The highest BCUT2D eigenvalue weighted by Crippen LogP contribution is 2.22. The minimum absolute atomic E-state index is 0.0280. The van der Waals surface area contributed by atoms with E-state index in [1.54, 1.807) is 0 Å². The van der Waals surface area contributed by atoms with Crippen molar-refractivity contribution in [2.45, 2.75) is 12.5 Å². The fraction of sp³-hybridized carbons (Fsp3) is 0.273. The first-order valence-electron chi connectivity index (χ1n) is 4.77. The van der Waals surface area contributed by atoms with Crippen molar-refractivity contribution in [2.24, 2.45) is 0 Å². The molecule has 1 unspecified atom stereocenters. The number of hydrogen-bond donors (Lipinski definition) is 2. The molecule has 0 heterocycles. The lowest BCUT2D eigenvalue weighted by molar-refractivity contribution is -0.146. The van der Waals surface area contributed by atoms with E-state index in [-0.39, 0.29) is 17.5 Å². The minimum Gasteiger partial charge on any atom is -0.479 e. The van der Waals surface area contributed by atoms with E-state index in [4.69, 9.17) is 5.11 Å². The molecular weight excluding hydrogens is 295 g/mol. The van der Waals surface area contributed by atoms with Gasteiger partial charge >= 0.3 is 5.97 Å². The third-order valence-corrected chi connectivity index (χ3v) is 2.57. The molecule has 17 heavy (non-hydrogen) atoms. The van der Waals surface area contributed by atoms with Crippen molar-refractivity contribution in [1.82, 2.24) is 0 Å². The predicted octanol–water partition coefficient (Wildman–Crippen LogP) is 1.91. The standard InChI is InChI=1S/C11H10BrFO4/c12-5-4-8(14)9-6(10(15)11(16)17)2-1-3-7(9)13/h1-3,10,15H,4-5H2,(H,16,17). The number of carboxylic acid groups (broad SMARTS) is 1. The summed E-state index contributed by atoms with van der Waals surface area (Å²) in [6, 6.07) is 3.53. The van der Waals surface area contributed by atoms with E-state index in [1.807, 2.05) is 0 Å². The van der Waals surface area contributed by atoms with Gasteiger partial charge in [0.25, 0.3) is 0 Å². The number of hydrogen-bond acceptors (Lipinski definition) is 3. The van der Waals surface area contributed by atoms with Crippen molar-refractivity contribution in [2.75, 3.05) is 5.33 Å². The third kappa shape index (κ3) is 3.10. The summed E-state index contributed by atoms with van der Waals surface area (Å²) in [5, 5.41) is 18.4. The molecule has 1 aromatic carbocycles. The molecular formula is C11H10BrFO4. The van der Waals surface area contributed by atoms with Crippen LogP contribution >= 0.6 is 15.9 Å². The molecule has 1 atom stereocenters. The van der Waals surface area contributed by atoms with Crippen LogP contribution in [0.5, 0.6) is 0 Å². The summed E-state index contributed by atoms with van der Waals surface area (Å²) in [4.78, 5) is 22.3. The number of rotatable bonds is 5. The normalized spacial score (nSPS) is 12.2. The average Bonchev–Trinajstić information content (AvgIpc) is 2.27. The van der Waals surface area contributed by atoms with Crippen LogP contribution in [0.1, 0.15) is 28.4 Å². The maximum absolute atomic E-state index is 13.5. The van der Waals surface area contributed by atoms with Crippen LogP contribution in [0.15, 0.2) is 18.2 Å². The smallest absolute Gasteiger partial charge is 0.337 e. The summed E-state index contributed by atoms with van der Waals surface area (Å²) < 4.78 is 13.5. The first-order valence-corrected chi connectivity index (χ1v) is 5.89. The van der Waals surface area contributed by atoms with Gasteiger partial charge in [-0.05, 0) is 6.07 Å². The van der Waals surface area contributed by atoms with E-state index in [0.717, 1.165) is 6.07 Å². The Kier molecular flexibility index (Phi) is 4.77. The number of carbonyl (C=O) groups excluding carboxylic acids is 1. The number of halogens is 2. The monoisotopic (exact) mass is 304 g/mol. The predicted molar refractivity (Wildman–Crippen MR) is 61.7 cm³/mol. The van der Waals surface area contributed by atoms with Gasteiger partial charge in [-0.2, -0.15) is 0 Å². The Morgan fingerprint density at radius 3 is 2.59 bits per heavy atom. The molecule has 0 bridgehead atoms. The molecule has 1 rings (SSSR count). The Labute approximate surface area is 105 Å². The first-order chi connectivity index (χ1) is 7.99. The summed E-state index contributed by atoms with van der Waals surface area (Å²) >= 11 is 3.04. The van der Waals surface area contributed by atoms with Crippen LogP contribution in [0, 0.1) is 5.82 Å². The van der Waals surface area contributed by atoms with Gasteiger partial charge in [-0.25, -0.2) is 9.18 Å². The number of aliphatic carboxylic acids is 1. The summed E-state index contributed by atoms with van der Waals surface area (Å²) in [6.45, 7) is 0. The summed E-state index contributed by atoms with van der Waals surface area (Å²) in [7, 11) is 0. The second-order valence-electron chi connectivity index (χ2n) is 3.31. The molecule has 2 N–H and O–H groups in total. The zero-order valence-electron chi connectivity index (χ0n) is 8.69. The number of ketones is 1. The number of aliphatic hydroxyl groups is 1. The molecule has 0 aliphatic heterocycles. The van der Waals surface area contributed by atoms with Crippen LogP contribution in [0.25, 0.3) is 0 Å². The zero-order valence-corrected chi connectivity index (χ0v) is 10.3. The second-order valence-corrected chi connectivity index (χ2v) is 4.10. The molecule has 0 aliphatic rings. The van der Waals surface area contributed by atoms with Gasteiger partial charge in [0.15, 0.2) is 11.9 Å². The van der Waals surface area contributed by atoms with Gasteiger partial charge in [0.05, 0.1) is 5.56 Å². The molecule has 0 amide bonds. The van der Waals surface area contributed by atoms with Gasteiger partial charge in [0, 0.05) is 17.3 Å². The van der Waals surface area contributed by atoms with Gasteiger partial charge < -0.3 is 10.2 Å². The van der Waals surface area contributed by atoms with Crippen LogP contribution in [0.3, 0.4) is 0 Å².